The Balaban J connectivity index is 2.05. The molecule has 1 aromatic carbocycles. The quantitative estimate of drug-likeness (QED) is 0.526. The highest BCUT2D eigenvalue weighted by Crippen LogP contribution is 2.37. The molecule has 0 spiro atoms. The Morgan fingerprint density at radius 1 is 1.00 bits per heavy atom. The van der Waals surface area contributed by atoms with E-state index in [4.69, 9.17) is 0 Å². The van der Waals surface area contributed by atoms with Crippen LogP contribution in [0, 0.1) is 23.4 Å². The molecule has 1 fully saturated rings. The topological polar surface area (TPSA) is 0 Å². The molecule has 0 heterocycles. The molecule has 1 saturated carbocycles. The molecule has 3 heteroatoms. The number of rotatable bonds is 3. The maximum Gasteiger partial charge on any atom is 0.194 e. The van der Waals surface area contributed by atoms with Gasteiger partial charge in [-0.1, -0.05) is 24.8 Å². The summed E-state index contributed by atoms with van der Waals surface area (Å²) in [6.07, 6.45) is 9.51. The lowest BCUT2D eigenvalue weighted by Gasteiger charge is -2.27. The van der Waals surface area contributed by atoms with Crippen LogP contribution >= 0.6 is 0 Å². The van der Waals surface area contributed by atoms with Crippen molar-refractivity contribution in [2.24, 2.45) is 5.92 Å². The summed E-state index contributed by atoms with van der Waals surface area (Å²) in [7, 11) is 0. The summed E-state index contributed by atoms with van der Waals surface area (Å²) in [5.41, 5.74) is 0.572. The van der Waals surface area contributed by atoms with Gasteiger partial charge in [0.15, 0.2) is 17.5 Å². The third-order valence-electron chi connectivity index (χ3n) is 3.77. The van der Waals surface area contributed by atoms with Crippen LogP contribution in [0.1, 0.15) is 37.2 Å². The van der Waals surface area contributed by atoms with Crippen molar-refractivity contribution < 1.29 is 13.2 Å². The smallest absolute Gasteiger partial charge is 0.194 e. The van der Waals surface area contributed by atoms with Gasteiger partial charge in [0.2, 0.25) is 0 Å². The first kappa shape index (κ1) is 13.9. The van der Waals surface area contributed by atoms with Crippen LogP contribution in [-0.2, 0) is 0 Å². The third-order valence-corrected chi connectivity index (χ3v) is 3.77. The predicted molar refractivity (Wildman–Crippen MR) is 70.4 cm³/mol. The monoisotopic (exact) mass is 266 g/mol. The zero-order chi connectivity index (χ0) is 13.8. The fraction of sp³-hybridized carbons (Fsp3) is 0.375. The van der Waals surface area contributed by atoms with Crippen LogP contribution in [-0.4, -0.2) is 0 Å². The molecular weight excluding hydrogens is 249 g/mol. The van der Waals surface area contributed by atoms with Gasteiger partial charge in [-0.3, -0.25) is 0 Å². The summed E-state index contributed by atoms with van der Waals surface area (Å²) >= 11 is 0. The minimum absolute atomic E-state index is 0.123. The summed E-state index contributed by atoms with van der Waals surface area (Å²) in [5, 5.41) is 0. The van der Waals surface area contributed by atoms with Gasteiger partial charge in [0.1, 0.15) is 0 Å². The average Bonchev–Trinajstić information content (AvgIpc) is 2.42. The molecule has 0 amide bonds. The Kier molecular flexibility index (Phi) is 4.46. The van der Waals surface area contributed by atoms with Crippen molar-refractivity contribution in [2.75, 3.05) is 0 Å². The average molecular weight is 266 g/mol. The van der Waals surface area contributed by atoms with Gasteiger partial charge in [-0.2, -0.15) is 0 Å². The van der Waals surface area contributed by atoms with Crippen LogP contribution < -0.4 is 0 Å². The van der Waals surface area contributed by atoms with Crippen molar-refractivity contribution in [1.29, 1.82) is 0 Å². The van der Waals surface area contributed by atoms with E-state index < -0.39 is 17.5 Å². The molecule has 0 saturated heterocycles. The van der Waals surface area contributed by atoms with Crippen LogP contribution in [0.25, 0.3) is 0 Å². The Bertz CT molecular complexity index is 460. The highest BCUT2D eigenvalue weighted by Gasteiger charge is 2.23. The van der Waals surface area contributed by atoms with Gasteiger partial charge in [-0.25, -0.2) is 13.2 Å². The Hall–Kier alpha value is -1.51. The molecule has 1 aliphatic rings. The first-order valence-electron chi connectivity index (χ1n) is 6.55. The molecule has 0 bridgehead atoms. The molecular formula is C16H17F3. The molecule has 0 aromatic heterocycles. The SMILES string of the molecule is C=C/C=C/C1CCC(c2cc(F)c(F)c(F)c2)CC1. The molecule has 102 valence electrons. The standard InChI is InChI=1S/C16H17F3/c1-2-3-4-11-5-7-12(8-6-11)13-9-14(17)16(19)15(18)10-13/h2-4,9-12H,1,5-8H2/b4-3+. The van der Waals surface area contributed by atoms with Crippen LogP contribution in [0.3, 0.4) is 0 Å². The second kappa shape index (κ2) is 6.09. The van der Waals surface area contributed by atoms with Gasteiger partial charge in [0.25, 0.3) is 0 Å². The molecule has 19 heavy (non-hydrogen) atoms. The minimum atomic E-state index is -1.38. The van der Waals surface area contributed by atoms with E-state index in [-0.39, 0.29) is 5.92 Å². The van der Waals surface area contributed by atoms with Crippen molar-refractivity contribution in [1.82, 2.24) is 0 Å². The van der Waals surface area contributed by atoms with E-state index in [0.717, 1.165) is 37.8 Å². The molecule has 0 aliphatic heterocycles. The van der Waals surface area contributed by atoms with E-state index in [1.54, 1.807) is 6.08 Å². The molecule has 0 unspecified atom stereocenters. The number of halogens is 3. The van der Waals surface area contributed by atoms with Crippen LogP contribution in [0.2, 0.25) is 0 Å². The van der Waals surface area contributed by atoms with Crippen LogP contribution in [0.15, 0.2) is 36.9 Å². The predicted octanol–water partition coefficient (Wildman–Crippen LogP) is 5.12. The van der Waals surface area contributed by atoms with Crippen molar-refractivity contribution in [3.05, 3.63) is 60.0 Å². The van der Waals surface area contributed by atoms with Gasteiger partial charge >= 0.3 is 0 Å². The Morgan fingerprint density at radius 3 is 2.11 bits per heavy atom. The second-order valence-electron chi connectivity index (χ2n) is 5.03. The molecule has 0 atom stereocenters. The number of hydrogen-bond donors (Lipinski definition) is 0. The maximum absolute atomic E-state index is 13.2. The van der Waals surface area contributed by atoms with Crippen molar-refractivity contribution in [3.63, 3.8) is 0 Å². The lowest BCUT2D eigenvalue weighted by atomic mass is 9.78. The lowest BCUT2D eigenvalue weighted by Crippen LogP contribution is -2.12. The second-order valence-corrected chi connectivity index (χ2v) is 5.03. The molecule has 1 aliphatic carbocycles. The highest BCUT2D eigenvalue weighted by molar-refractivity contribution is 5.23. The van der Waals surface area contributed by atoms with Gasteiger partial charge in [0.05, 0.1) is 0 Å². The molecule has 2 rings (SSSR count). The van der Waals surface area contributed by atoms with Crippen molar-refractivity contribution in [3.8, 4) is 0 Å². The van der Waals surface area contributed by atoms with Gasteiger partial charge in [-0.15, -0.1) is 0 Å². The molecule has 0 radical (unpaired) electrons. The summed E-state index contributed by atoms with van der Waals surface area (Å²) < 4.78 is 39.3. The van der Waals surface area contributed by atoms with Crippen molar-refractivity contribution >= 4 is 0 Å². The highest BCUT2D eigenvalue weighted by atomic mass is 19.2. The number of allylic oxidation sites excluding steroid dienone is 3. The fourth-order valence-corrected chi connectivity index (χ4v) is 2.69. The number of benzene rings is 1. The molecule has 1 aromatic rings. The molecule has 0 N–H and O–H groups in total. The summed E-state index contributed by atoms with van der Waals surface area (Å²) in [4.78, 5) is 0. The first-order valence-corrected chi connectivity index (χ1v) is 6.55. The van der Waals surface area contributed by atoms with Gasteiger partial charge < -0.3 is 0 Å². The van der Waals surface area contributed by atoms with E-state index >= 15 is 0 Å². The lowest BCUT2D eigenvalue weighted by molar-refractivity contribution is 0.371. The largest absolute Gasteiger partial charge is 0.204 e. The van der Waals surface area contributed by atoms with Gasteiger partial charge in [-0.05, 0) is 55.2 Å². The van der Waals surface area contributed by atoms with E-state index in [1.165, 1.54) is 0 Å². The Morgan fingerprint density at radius 2 is 1.58 bits per heavy atom. The fourth-order valence-electron chi connectivity index (χ4n) is 2.69. The zero-order valence-electron chi connectivity index (χ0n) is 10.7. The zero-order valence-corrected chi connectivity index (χ0v) is 10.7. The van der Waals surface area contributed by atoms with E-state index in [0.29, 0.717) is 11.5 Å². The van der Waals surface area contributed by atoms with Crippen LogP contribution in [0.4, 0.5) is 13.2 Å². The maximum atomic E-state index is 13.2. The number of hydrogen-bond acceptors (Lipinski definition) is 0. The van der Waals surface area contributed by atoms with E-state index in [2.05, 4.69) is 12.7 Å². The van der Waals surface area contributed by atoms with E-state index in [1.807, 2.05) is 6.08 Å². The van der Waals surface area contributed by atoms with Crippen LogP contribution in [0.5, 0.6) is 0 Å². The summed E-state index contributed by atoms with van der Waals surface area (Å²) in [6, 6.07) is 2.26. The van der Waals surface area contributed by atoms with E-state index in [9.17, 15) is 13.2 Å². The summed E-state index contributed by atoms with van der Waals surface area (Å²) in [6.45, 7) is 3.63. The normalized spacial score (nSPS) is 23.7. The van der Waals surface area contributed by atoms with Gasteiger partial charge in [0, 0.05) is 0 Å². The third kappa shape index (κ3) is 3.28. The first-order chi connectivity index (χ1) is 9.11. The molecule has 0 nitrogen and oxygen atoms in total. The summed E-state index contributed by atoms with van der Waals surface area (Å²) in [5.74, 6) is -2.94. The van der Waals surface area contributed by atoms with Crippen molar-refractivity contribution in [2.45, 2.75) is 31.6 Å². The minimum Gasteiger partial charge on any atom is -0.204 e. The Labute approximate surface area is 111 Å².